The molecule has 2 amide bonds. The molecule has 1 fully saturated rings. The molecule has 1 aliphatic rings. The molecule has 0 atom stereocenters. The van der Waals surface area contributed by atoms with E-state index in [2.05, 4.69) is 17.9 Å². The summed E-state index contributed by atoms with van der Waals surface area (Å²) in [6.07, 6.45) is 0. The third-order valence-corrected chi connectivity index (χ3v) is 4.95. The highest BCUT2D eigenvalue weighted by Gasteiger charge is 2.46. The Hall–Kier alpha value is -2.72. The highest BCUT2D eigenvalue weighted by Crippen LogP contribution is 2.32. The van der Waals surface area contributed by atoms with Gasteiger partial charge in [0.05, 0.1) is 18.8 Å². The highest BCUT2D eigenvalue weighted by molar-refractivity contribution is 7.84. The number of nitrogens with two attached hydrogens (primary N) is 2. The molecule has 3 rings (SSSR count). The number of hydrogen-bond donors (Lipinski definition) is 4. The maximum absolute atomic E-state index is 14.5. The summed E-state index contributed by atoms with van der Waals surface area (Å²) in [5.41, 5.74) is 10.2. The minimum atomic E-state index is -1.29. The lowest BCUT2D eigenvalue weighted by atomic mass is 9.95. The summed E-state index contributed by atoms with van der Waals surface area (Å²) in [5, 5.41) is 2.78. The maximum Gasteiger partial charge on any atom is 0.256 e. The number of rotatable bonds is 6. The molecular weight excluding hydrogens is 389 g/mol. The van der Waals surface area contributed by atoms with E-state index in [4.69, 9.17) is 25.4 Å². The van der Waals surface area contributed by atoms with E-state index in [9.17, 15) is 14.0 Å². The van der Waals surface area contributed by atoms with Gasteiger partial charge in [0, 0.05) is 22.1 Å². The number of furan rings is 1. The molecule has 1 aromatic heterocycles. The van der Waals surface area contributed by atoms with E-state index in [-0.39, 0.29) is 47.9 Å². The predicted molar refractivity (Wildman–Crippen MR) is 102 cm³/mol. The smallest absolute Gasteiger partial charge is 0.256 e. The Kier molecular flexibility index (Phi) is 5.26. The Bertz CT molecular complexity index is 993. The van der Waals surface area contributed by atoms with Crippen molar-refractivity contribution in [3.8, 4) is 5.75 Å². The number of benzene rings is 1. The summed E-state index contributed by atoms with van der Waals surface area (Å²) >= 11 is 4.19. The van der Waals surface area contributed by atoms with E-state index < -0.39 is 23.2 Å². The zero-order valence-corrected chi connectivity index (χ0v) is 16.2. The Morgan fingerprint density at radius 2 is 2.04 bits per heavy atom. The molecule has 150 valence electrons. The van der Waals surface area contributed by atoms with E-state index in [1.165, 1.54) is 13.0 Å². The quantitative estimate of drug-likeness (QED) is 0.533. The molecule has 28 heavy (non-hydrogen) atoms. The van der Waals surface area contributed by atoms with Crippen LogP contribution in [0.25, 0.3) is 11.0 Å². The van der Waals surface area contributed by atoms with Crippen LogP contribution in [0, 0.1) is 12.7 Å². The minimum absolute atomic E-state index is 0.0267. The summed E-state index contributed by atoms with van der Waals surface area (Å²) in [6, 6.07) is 2.62. The molecule has 10 heteroatoms. The lowest BCUT2D eigenvalue weighted by Gasteiger charge is -2.38. The second-order valence-electron chi connectivity index (χ2n) is 6.63. The fraction of sp³-hybridized carbons (Fsp3) is 0.333. The zero-order valence-electron chi connectivity index (χ0n) is 15.3. The number of allylic oxidation sites excluding steroid dienone is 1. The van der Waals surface area contributed by atoms with Crippen LogP contribution in [-0.2, 0) is 9.53 Å². The summed E-state index contributed by atoms with van der Waals surface area (Å²) in [5.74, 6) is -1.67. The number of fused-ring (bicyclic) bond motifs is 1. The van der Waals surface area contributed by atoms with Crippen LogP contribution in [-0.4, -0.2) is 37.2 Å². The number of halogens is 1. The van der Waals surface area contributed by atoms with Crippen LogP contribution in [0.4, 0.5) is 4.39 Å². The van der Waals surface area contributed by atoms with Crippen molar-refractivity contribution in [2.24, 2.45) is 11.5 Å². The van der Waals surface area contributed by atoms with Crippen LogP contribution in [0.15, 0.2) is 27.2 Å². The summed E-state index contributed by atoms with van der Waals surface area (Å²) in [6.45, 7) is 3.17. The second-order valence-corrected chi connectivity index (χ2v) is 7.17. The lowest BCUT2D eigenvalue weighted by molar-refractivity contribution is -0.143. The van der Waals surface area contributed by atoms with E-state index in [1.54, 1.807) is 6.92 Å². The molecule has 8 nitrogen and oxygen atoms in total. The van der Waals surface area contributed by atoms with E-state index in [1.807, 2.05) is 0 Å². The van der Waals surface area contributed by atoms with Crippen molar-refractivity contribution >= 4 is 35.4 Å². The van der Waals surface area contributed by atoms with Gasteiger partial charge in [-0.3, -0.25) is 9.59 Å². The number of thiol groups is 1. The number of aryl methyl sites for hydroxylation is 1. The second kappa shape index (κ2) is 7.36. The van der Waals surface area contributed by atoms with Crippen LogP contribution in [0.2, 0.25) is 0 Å². The molecule has 5 N–H and O–H groups in total. The number of ether oxygens (including phenoxy) is 2. The highest BCUT2D eigenvalue weighted by atomic mass is 32.1. The molecule has 1 aliphatic heterocycles. The van der Waals surface area contributed by atoms with Crippen molar-refractivity contribution < 1.29 is 27.9 Å². The topological polar surface area (TPSA) is 130 Å². The zero-order chi connectivity index (χ0) is 20.6. The molecule has 1 saturated heterocycles. The number of hydrogen-bond acceptors (Lipinski definition) is 7. The SMILES string of the molecule is C/C(N)=C(/S)COc1cc(F)c2oc(C)c(C(=O)NC3(C(N)=O)COC3)c2c1. The molecular formula is C18H20FN3O5S. The summed E-state index contributed by atoms with van der Waals surface area (Å²) < 4.78 is 30.4. The average Bonchev–Trinajstić information content (AvgIpc) is 2.92. The lowest BCUT2D eigenvalue weighted by Crippen LogP contribution is -2.69. The summed E-state index contributed by atoms with van der Waals surface area (Å²) in [4.78, 5) is 25.0. The molecule has 0 radical (unpaired) electrons. The molecule has 1 aromatic carbocycles. The Morgan fingerprint density at radius 3 is 2.57 bits per heavy atom. The first-order valence-electron chi connectivity index (χ1n) is 8.34. The van der Waals surface area contributed by atoms with Gasteiger partial charge in [-0.25, -0.2) is 4.39 Å². The Balaban J connectivity index is 1.96. The first-order chi connectivity index (χ1) is 13.1. The van der Waals surface area contributed by atoms with Crippen molar-refractivity contribution in [3.63, 3.8) is 0 Å². The Labute approximate surface area is 165 Å². The van der Waals surface area contributed by atoms with Gasteiger partial charge in [-0.2, -0.15) is 0 Å². The third kappa shape index (κ3) is 3.52. The first kappa shape index (κ1) is 20.0. The largest absolute Gasteiger partial charge is 0.488 e. The van der Waals surface area contributed by atoms with Gasteiger partial charge in [-0.05, 0) is 19.9 Å². The number of carbonyl (C=O) groups excluding carboxylic acids is 2. The molecule has 0 spiro atoms. The van der Waals surface area contributed by atoms with Gasteiger partial charge >= 0.3 is 0 Å². The number of primary amides is 1. The molecule has 2 heterocycles. The monoisotopic (exact) mass is 409 g/mol. The van der Waals surface area contributed by atoms with Gasteiger partial charge in [0.25, 0.3) is 5.91 Å². The van der Waals surface area contributed by atoms with Crippen molar-refractivity contribution in [1.82, 2.24) is 5.32 Å². The van der Waals surface area contributed by atoms with Crippen LogP contribution in [0.5, 0.6) is 5.75 Å². The van der Waals surface area contributed by atoms with Crippen molar-refractivity contribution in [2.75, 3.05) is 19.8 Å². The van der Waals surface area contributed by atoms with Gasteiger partial charge in [-0.15, -0.1) is 12.6 Å². The van der Waals surface area contributed by atoms with Crippen molar-refractivity contribution in [2.45, 2.75) is 19.4 Å². The van der Waals surface area contributed by atoms with Gasteiger partial charge in [0.15, 0.2) is 16.9 Å². The van der Waals surface area contributed by atoms with Crippen molar-refractivity contribution in [3.05, 3.63) is 39.9 Å². The van der Waals surface area contributed by atoms with Gasteiger partial charge in [0.1, 0.15) is 18.1 Å². The van der Waals surface area contributed by atoms with Crippen LogP contribution >= 0.6 is 12.6 Å². The molecule has 0 aliphatic carbocycles. The van der Waals surface area contributed by atoms with Crippen LogP contribution in [0.3, 0.4) is 0 Å². The maximum atomic E-state index is 14.5. The molecule has 2 aromatic rings. The van der Waals surface area contributed by atoms with E-state index in [0.29, 0.717) is 10.6 Å². The van der Waals surface area contributed by atoms with Gasteiger partial charge in [0.2, 0.25) is 5.91 Å². The number of nitrogens with one attached hydrogen (secondary N) is 1. The predicted octanol–water partition coefficient (Wildman–Crippen LogP) is 1.36. The van der Waals surface area contributed by atoms with Gasteiger partial charge in [-0.1, -0.05) is 0 Å². The third-order valence-electron chi connectivity index (χ3n) is 4.47. The normalized spacial score (nSPS) is 16.3. The standard InChI is InChI=1S/C18H20FN3O5S/c1-8(20)13(28)5-26-10-3-11-14(9(2)27-15(11)12(19)4-10)16(23)22-18(17(21)24)6-25-7-18/h3-4,28H,5-7,20H2,1-2H3,(H2,21,24)(H,22,23)/b13-8-. The number of amides is 2. The number of carbonyl (C=O) groups is 2. The average molecular weight is 409 g/mol. The van der Waals surface area contributed by atoms with Crippen molar-refractivity contribution in [1.29, 1.82) is 0 Å². The first-order valence-corrected chi connectivity index (χ1v) is 8.79. The molecule has 0 saturated carbocycles. The fourth-order valence-electron chi connectivity index (χ4n) is 2.74. The Morgan fingerprint density at radius 1 is 1.36 bits per heavy atom. The van der Waals surface area contributed by atoms with Crippen LogP contribution < -0.4 is 21.5 Å². The van der Waals surface area contributed by atoms with Crippen LogP contribution in [0.1, 0.15) is 23.0 Å². The van der Waals surface area contributed by atoms with Gasteiger partial charge < -0.3 is 30.7 Å². The minimum Gasteiger partial charge on any atom is -0.488 e. The summed E-state index contributed by atoms with van der Waals surface area (Å²) in [7, 11) is 0. The molecule has 0 bridgehead atoms. The molecule has 0 unspecified atom stereocenters. The van der Waals surface area contributed by atoms with E-state index >= 15 is 0 Å². The van der Waals surface area contributed by atoms with E-state index in [0.717, 1.165) is 6.07 Å². The fourth-order valence-corrected chi connectivity index (χ4v) is 2.81.